The summed E-state index contributed by atoms with van der Waals surface area (Å²) in [7, 11) is 0. The van der Waals surface area contributed by atoms with Gasteiger partial charge >= 0.3 is 0 Å². The zero-order valence-electron chi connectivity index (χ0n) is 7.88. The minimum atomic E-state index is -0.0827. The van der Waals surface area contributed by atoms with Crippen LogP contribution in [0.2, 0.25) is 0 Å². The molecule has 1 aliphatic rings. The summed E-state index contributed by atoms with van der Waals surface area (Å²) in [6.45, 7) is 3.65. The first-order chi connectivity index (χ1) is 6.24. The predicted octanol–water partition coefficient (Wildman–Crippen LogP) is 1.16. The molecule has 0 aromatic heterocycles. The van der Waals surface area contributed by atoms with Crippen molar-refractivity contribution in [2.45, 2.75) is 25.8 Å². The molecule has 0 unspecified atom stereocenters. The maximum Gasteiger partial charge on any atom is 0.235 e. The number of carbonyl (C=O) groups is 1. The minimum Gasteiger partial charge on any atom is -0.381 e. The van der Waals surface area contributed by atoms with E-state index in [1.807, 2.05) is 6.92 Å². The Morgan fingerprint density at radius 1 is 1.62 bits per heavy atom. The Hall–Kier alpha value is -0.280. The second-order valence-corrected chi connectivity index (χ2v) is 3.71. The van der Waals surface area contributed by atoms with E-state index in [4.69, 9.17) is 16.3 Å². The molecular formula is C9H16ClNO2. The summed E-state index contributed by atoms with van der Waals surface area (Å²) in [4.78, 5) is 11.0. The molecule has 1 fully saturated rings. The van der Waals surface area contributed by atoms with Crippen molar-refractivity contribution in [3.05, 3.63) is 0 Å². The molecule has 13 heavy (non-hydrogen) atoms. The van der Waals surface area contributed by atoms with Gasteiger partial charge in [-0.25, -0.2) is 0 Å². The van der Waals surface area contributed by atoms with Gasteiger partial charge in [-0.2, -0.15) is 0 Å². The lowest BCUT2D eigenvalue weighted by Crippen LogP contribution is -2.40. The first-order valence-corrected chi connectivity index (χ1v) is 5.20. The van der Waals surface area contributed by atoms with Crippen LogP contribution < -0.4 is 5.32 Å². The third kappa shape index (κ3) is 3.53. The highest BCUT2D eigenvalue weighted by atomic mass is 35.5. The normalized spacial score (nSPS) is 21.1. The fourth-order valence-corrected chi connectivity index (χ4v) is 1.70. The van der Waals surface area contributed by atoms with Gasteiger partial charge in [-0.15, -0.1) is 11.6 Å². The average molecular weight is 206 g/mol. The van der Waals surface area contributed by atoms with E-state index in [1.165, 1.54) is 0 Å². The molecule has 0 aromatic rings. The van der Waals surface area contributed by atoms with E-state index < -0.39 is 0 Å². The van der Waals surface area contributed by atoms with Gasteiger partial charge in [0.25, 0.3) is 0 Å². The number of rotatable bonds is 3. The van der Waals surface area contributed by atoms with Gasteiger partial charge in [0, 0.05) is 19.3 Å². The molecule has 3 nitrogen and oxygen atoms in total. The summed E-state index contributed by atoms with van der Waals surface area (Å²) in [5.74, 6) is 0.509. The molecule has 0 saturated carbocycles. The van der Waals surface area contributed by atoms with Gasteiger partial charge in [-0.1, -0.05) is 0 Å². The minimum absolute atomic E-state index is 0.0492. The van der Waals surface area contributed by atoms with Crippen molar-refractivity contribution in [1.29, 1.82) is 0 Å². The van der Waals surface area contributed by atoms with Crippen molar-refractivity contribution in [3.8, 4) is 0 Å². The Bertz CT molecular complexity index is 169. The number of ether oxygens (including phenoxy) is 1. The van der Waals surface area contributed by atoms with Crippen LogP contribution in [-0.4, -0.2) is 31.0 Å². The summed E-state index contributed by atoms with van der Waals surface area (Å²) in [5.41, 5.74) is 0. The average Bonchev–Trinajstić information content (AvgIpc) is 2.19. The molecular weight excluding hydrogens is 190 g/mol. The van der Waals surface area contributed by atoms with Crippen LogP contribution in [0.5, 0.6) is 0 Å². The van der Waals surface area contributed by atoms with E-state index in [0.29, 0.717) is 5.92 Å². The van der Waals surface area contributed by atoms with Crippen LogP contribution in [0, 0.1) is 5.92 Å². The predicted molar refractivity (Wildman–Crippen MR) is 51.9 cm³/mol. The highest BCUT2D eigenvalue weighted by Gasteiger charge is 2.21. The molecule has 1 amide bonds. The van der Waals surface area contributed by atoms with Crippen molar-refractivity contribution < 1.29 is 9.53 Å². The van der Waals surface area contributed by atoms with Gasteiger partial charge in [0.1, 0.15) is 5.88 Å². The lowest BCUT2D eigenvalue weighted by molar-refractivity contribution is -0.119. The quantitative estimate of drug-likeness (QED) is 0.703. The van der Waals surface area contributed by atoms with Crippen molar-refractivity contribution in [3.63, 3.8) is 0 Å². The fourth-order valence-electron chi connectivity index (χ4n) is 1.63. The third-order valence-electron chi connectivity index (χ3n) is 2.48. The van der Waals surface area contributed by atoms with Gasteiger partial charge in [-0.05, 0) is 25.7 Å². The van der Waals surface area contributed by atoms with E-state index in [2.05, 4.69) is 5.32 Å². The van der Waals surface area contributed by atoms with Crippen molar-refractivity contribution in [1.82, 2.24) is 5.32 Å². The maximum atomic E-state index is 11.0. The summed E-state index contributed by atoms with van der Waals surface area (Å²) in [6, 6.07) is 0.218. The van der Waals surface area contributed by atoms with Crippen LogP contribution in [0.1, 0.15) is 19.8 Å². The van der Waals surface area contributed by atoms with E-state index in [9.17, 15) is 4.79 Å². The topological polar surface area (TPSA) is 38.3 Å². The molecule has 4 heteroatoms. The zero-order chi connectivity index (χ0) is 9.68. The third-order valence-corrected chi connectivity index (χ3v) is 2.73. The van der Waals surface area contributed by atoms with E-state index >= 15 is 0 Å². The van der Waals surface area contributed by atoms with Crippen molar-refractivity contribution in [2.75, 3.05) is 19.1 Å². The summed E-state index contributed by atoms with van der Waals surface area (Å²) < 4.78 is 5.24. The molecule has 76 valence electrons. The van der Waals surface area contributed by atoms with Gasteiger partial charge in [0.15, 0.2) is 0 Å². The number of alkyl halides is 1. The second-order valence-electron chi connectivity index (χ2n) is 3.44. The molecule has 1 saturated heterocycles. The van der Waals surface area contributed by atoms with Crippen LogP contribution >= 0.6 is 11.6 Å². The molecule has 1 N–H and O–H groups in total. The van der Waals surface area contributed by atoms with E-state index in [0.717, 1.165) is 26.1 Å². The lowest BCUT2D eigenvalue weighted by Gasteiger charge is -2.28. The molecule has 0 radical (unpaired) electrons. The molecule has 1 atom stereocenters. The number of halogens is 1. The summed E-state index contributed by atoms with van der Waals surface area (Å²) in [6.07, 6.45) is 2.06. The number of nitrogens with one attached hydrogen (secondary N) is 1. The molecule has 1 aliphatic heterocycles. The Kier molecular flexibility index (Phi) is 4.53. The van der Waals surface area contributed by atoms with Gasteiger partial charge in [0.2, 0.25) is 5.91 Å². The fraction of sp³-hybridized carbons (Fsp3) is 0.889. The lowest BCUT2D eigenvalue weighted by atomic mass is 9.93. The van der Waals surface area contributed by atoms with Gasteiger partial charge < -0.3 is 10.1 Å². The van der Waals surface area contributed by atoms with E-state index in [-0.39, 0.29) is 17.8 Å². The monoisotopic (exact) mass is 205 g/mol. The van der Waals surface area contributed by atoms with E-state index in [1.54, 1.807) is 0 Å². The number of hydrogen-bond acceptors (Lipinski definition) is 2. The SMILES string of the molecule is C[C@H](NC(=O)CCl)C1CCOCC1. The number of amides is 1. The first-order valence-electron chi connectivity index (χ1n) is 4.67. The van der Waals surface area contributed by atoms with Crippen LogP contribution in [0.15, 0.2) is 0 Å². The Labute approximate surface area is 83.8 Å². The number of hydrogen-bond donors (Lipinski definition) is 1. The van der Waals surface area contributed by atoms with Gasteiger partial charge in [-0.3, -0.25) is 4.79 Å². The highest BCUT2D eigenvalue weighted by molar-refractivity contribution is 6.27. The summed E-state index contributed by atoms with van der Waals surface area (Å²) >= 11 is 5.40. The standard InChI is InChI=1S/C9H16ClNO2/c1-7(11-9(12)6-10)8-2-4-13-5-3-8/h7-8H,2-6H2,1H3,(H,11,12)/t7-/m0/s1. The van der Waals surface area contributed by atoms with Crippen LogP contribution in [0.3, 0.4) is 0 Å². The van der Waals surface area contributed by atoms with Crippen LogP contribution in [0.4, 0.5) is 0 Å². The largest absolute Gasteiger partial charge is 0.381 e. The second kappa shape index (κ2) is 5.45. The molecule has 0 bridgehead atoms. The molecule has 0 spiro atoms. The Morgan fingerprint density at radius 3 is 2.77 bits per heavy atom. The van der Waals surface area contributed by atoms with Crippen molar-refractivity contribution >= 4 is 17.5 Å². The van der Waals surface area contributed by atoms with Crippen molar-refractivity contribution in [2.24, 2.45) is 5.92 Å². The molecule has 0 aliphatic carbocycles. The summed E-state index contributed by atoms with van der Waals surface area (Å²) in [5, 5.41) is 2.87. The molecule has 1 rings (SSSR count). The molecule has 1 heterocycles. The van der Waals surface area contributed by atoms with Crippen LogP contribution in [-0.2, 0) is 9.53 Å². The smallest absolute Gasteiger partial charge is 0.235 e. The Morgan fingerprint density at radius 2 is 2.23 bits per heavy atom. The maximum absolute atomic E-state index is 11.0. The molecule has 0 aromatic carbocycles. The number of carbonyl (C=O) groups excluding carboxylic acids is 1. The Balaban J connectivity index is 2.28. The van der Waals surface area contributed by atoms with Crippen LogP contribution in [0.25, 0.3) is 0 Å². The first kappa shape index (κ1) is 10.8. The highest BCUT2D eigenvalue weighted by Crippen LogP contribution is 2.18. The zero-order valence-corrected chi connectivity index (χ0v) is 8.64. The van der Waals surface area contributed by atoms with Gasteiger partial charge in [0.05, 0.1) is 0 Å².